The fourth-order valence-electron chi connectivity index (χ4n) is 2.94. The van der Waals surface area contributed by atoms with Crippen molar-refractivity contribution in [2.24, 2.45) is 0 Å². The highest BCUT2D eigenvalue weighted by atomic mass is 16.4. The van der Waals surface area contributed by atoms with Gasteiger partial charge < -0.3 is 25.4 Å². The minimum absolute atomic E-state index is 0.0275. The van der Waals surface area contributed by atoms with E-state index in [9.17, 15) is 24.3 Å². The Morgan fingerprint density at radius 3 is 2.34 bits per heavy atom. The molecule has 0 atom stereocenters. The van der Waals surface area contributed by atoms with Crippen molar-refractivity contribution in [3.63, 3.8) is 0 Å². The Morgan fingerprint density at radius 1 is 0.969 bits per heavy atom. The minimum Gasteiger partial charge on any atom is -0.506 e. The summed E-state index contributed by atoms with van der Waals surface area (Å²) < 4.78 is 1.11. The number of carboxylic acids is 1. The molecule has 164 valence electrons. The summed E-state index contributed by atoms with van der Waals surface area (Å²) in [4.78, 5) is 53.0. The van der Waals surface area contributed by atoms with Gasteiger partial charge in [-0.1, -0.05) is 36.4 Å². The van der Waals surface area contributed by atoms with Gasteiger partial charge in [-0.3, -0.25) is 24.2 Å². The van der Waals surface area contributed by atoms with Gasteiger partial charge in [0.1, 0.15) is 17.9 Å². The van der Waals surface area contributed by atoms with Crippen molar-refractivity contribution in [2.75, 3.05) is 6.54 Å². The normalized spacial score (nSPS) is 10.4. The quantitative estimate of drug-likeness (QED) is 0.407. The van der Waals surface area contributed by atoms with Crippen LogP contribution in [0.5, 0.6) is 5.75 Å². The number of hydrogen-bond acceptors (Lipinski definition) is 6. The van der Waals surface area contributed by atoms with Gasteiger partial charge in [-0.25, -0.2) is 0 Å². The molecule has 0 fully saturated rings. The number of nitrogens with zero attached hydrogens (tertiary/aromatic N) is 2. The van der Waals surface area contributed by atoms with E-state index in [-0.39, 0.29) is 18.7 Å². The molecule has 2 aromatic heterocycles. The van der Waals surface area contributed by atoms with Gasteiger partial charge >= 0.3 is 5.97 Å². The number of rotatable bonds is 8. The Hall–Kier alpha value is -4.47. The van der Waals surface area contributed by atoms with E-state index in [1.807, 2.05) is 5.32 Å². The summed E-state index contributed by atoms with van der Waals surface area (Å²) in [7, 11) is 0. The molecule has 1 aromatic carbocycles. The molecular formula is C22H20N4O6. The molecule has 32 heavy (non-hydrogen) atoms. The number of aromatic nitrogens is 2. The van der Waals surface area contributed by atoms with E-state index in [2.05, 4.69) is 10.3 Å². The highest BCUT2D eigenvalue weighted by Gasteiger charge is 2.25. The zero-order chi connectivity index (χ0) is 23.1. The van der Waals surface area contributed by atoms with Crippen molar-refractivity contribution in [1.29, 1.82) is 0 Å². The van der Waals surface area contributed by atoms with E-state index >= 15 is 0 Å². The van der Waals surface area contributed by atoms with Crippen molar-refractivity contribution < 1.29 is 24.6 Å². The molecule has 0 bridgehead atoms. The average molecular weight is 436 g/mol. The summed E-state index contributed by atoms with van der Waals surface area (Å²) in [5.41, 5.74) is -0.602. The highest BCUT2D eigenvalue weighted by molar-refractivity contribution is 6.03. The smallest absolute Gasteiger partial charge is 0.322 e. The molecule has 2 amide bonds. The van der Waals surface area contributed by atoms with Gasteiger partial charge in [0.25, 0.3) is 17.4 Å². The molecule has 0 saturated heterocycles. The van der Waals surface area contributed by atoms with Crippen molar-refractivity contribution in [1.82, 2.24) is 20.2 Å². The van der Waals surface area contributed by atoms with Gasteiger partial charge in [0.2, 0.25) is 0 Å². The standard InChI is InChI=1S/C22H20N4O6/c27-17(28)11-25-21(31)18-19(29)16(20(30)24-10-15-8-4-5-9-23-15)13-26(22(18)32)12-14-6-2-1-3-7-14/h1-9,13,29H,10-12H2,(H,24,30)(H,25,31)(H,27,28). The zero-order valence-corrected chi connectivity index (χ0v) is 16.8. The number of hydrogen-bond donors (Lipinski definition) is 4. The molecule has 0 unspecified atom stereocenters. The van der Waals surface area contributed by atoms with Crippen LogP contribution in [-0.4, -0.2) is 44.1 Å². The largest absolute Gasteiger partial charge is 0.506 e. The lowest BCUT2D eigenvalue weighted by Crippen LogP contribution is -2.37. The maximum atomic E-state index is 12.9. The van der Waals surface area contributed by atoms with Crippen molar-refractivity contribution in [2.45, 2.75) is 13.1 Å². The van der Waals surface area contributed by atoms with E-state index in [4.69, 9.17) is 5.11 Å². The lowest BCUT2D eigenvalue weighted by molar-refractivity contribution is -0.135. The highest BCUT2D eigenvalue weighted by Crippen LogP contribution is 2.20. The van der Waals surface area contributed by atoms with Crippen LogP contribution in [0.4, 0.5) is 0 Å². The monoisotopic (exact) mass is 436 g/mol. The Kier molecular flexibility index (Phi) is 6.96. The maximum absolute atomic E-state index is 12.9. The second kappa shape index (κ2) is 10.0. The van der Waals surface area contributed by atoms with Gasteiger partial charge in [-0.05, 0) is 17.7 Å². The van der Waals surface area contributed by atoms with Crippen LogP contribution in [0.1, 0.15) is 32.0 Å². The lowest BCUT2D eigenvalue weighted by Gasteiger charge is -2.14. The van der Waals surface area contributed by atoms with E-state index < -0.39 is 41.2 Å². The first-order valence-electron chi connectivity index (χ1n) is 9.55. The molecule has 10 heteroatoms. The molecule has 10 nitrogen and oxygen atoms in total. The molecule has 0 spiro atoms. The molecular weight excluding hydrogens is 416 g/mol. The Morgan fingerprint density at radius 2 is 1.69 bits per heavy atom. The zero-order valence-electron chi connectivity index (χ0n) is 16.8. The van der Waals surface area contributed by atoms with Crippen molar-refractivity contribution in [3.8, 4) is 5.75 Å². The predicted molar refractivity (Wildman–Crippen MR) is 113 cm³/mol. The summed E-state index contributed by atoms with van der Waals surface area (Å²) >= 11 is 0. The molecule has 0 aliphatic heterocycles. The molecule has 0 aliphatic carbocycles. The molecule has 4 N–H and O–H groups in total. The van der Waals surface area contributed by atoms with E-state index in [0.29, 0.717) is 5.69 Å². The number of pyridine rings is 2. The fraction of sp³-hybridized carbons (Fsp3) is 0.136. The van der Waals surface area contributed by atoms with Crippen LogP contribution in [0.15, 0.2) is 65.7 Å². The number of benzene rings is 1. The number of carboxylic acid groups (broad SMARTS) is 1. The Labute approximate surface area is 182 Å². The molecule has 0 aliphatic rings. The number of amides is 2. The number of carbonyl (C=O) groups excluding carboxylic acids is 2. The number of nitrogens with one attached hydrogen (secondary N) is 2. The fourth-order valence-corrected chi connectivity index (χ4v) is 2.94. The van der Waals surface area contributed by atoms with Gasteiger partial charge in [-0.15, -0.1) is 0 Å². The predicted octanol–water partition coefficient (Wildman–Crippen LogP) is 0.742. The van der Waals surface area contributed by atoms with Gasteiger partial charge in [0, 0.05) is 12.4 Å². The van der Waals surface area contributed by atoms with Crippen molar-refractivity contribution in [3.05, 3.63) is 93.7 Å². The number of carbonyl (C=O) groups is 3. The van der Waals surface area contributed by atoms with Crippen LogP contribution < -0.4 is 16.2 Å². The minimum atomic E-state index is -1.33. The van der Waals surface area contributed by atoms with Crippen LogP contribution in [-0.2, 0) is 17.9 Å². The third-order valence-electron chi connectivity index (χ3n) is 4.48. The average Bonchev–Trinajstić information content (AvgIpc) is 2.79. The summed E-state index contributed by atoms with van der Waals surface area (Å²) in [5.74, 6) is -3.99. The molecule has 2 heterocycles. The lowest BCUT2D eigenvalue weighted by atomic mass is 10.1. The summed E-state index contributed by atoms with van der Waals surface area (Å²) in [6.07, 6.45) is 2.72. The SMILES string of the molecule is O=C(O)CNC(=O)c1c(O)c(C(=O)NCc2ccccn2)cn(Cc2ccccc2)c1=O. The van der Waals surface area contributed by atoms with Crippen LogP contribution in [0.25, 0.3) is 0 Å². The maximum Gasteiger partial charge on any atom is 0.322 e. The third kappa shape index (κ3) is 5.36. The first-order chi connectivity index (χ1) is 15.4. The summed E-state index contributed by atoms with van der Waals surface area (Å²) in [6, 6.07) is 14.0. The molecule has 0 radical (unpaired) electrons. The van der Waals surface area contributed by atoms with E-state index in [1.54, 1.807) is 54.7 Å². The van der Waals surface area contributed by atoms with Gasteiger partial charge in [-0.2, -0.15) is 0 Å². The van der Waals surface area contributed by atoms with Gasteiger partial charge in [0.05, 0.1) is 24.3 Å². The second-order valence-corrected chi connectivity index (χ2v) is 6.77. The van der Waals surface area contributed by atoms with Crippen LogP contribution >= 0.6 is 0 Å². The van der Waals surface area contributed by atoms with Gasteiger partial charge in [0.15, 0.2) is 0 Å². The van der Waals surface area contributed by atoms with Crippen LogP contribution in [0.3, 0.4) is 0 Å². The molecule has 3 aromatic rings. The topological polar surface area (TPSA) is 151 Å². The van der Waals surface area contributed by atoms with Crippen LogP contribution in [0, 0.1) is 0 Å². The molecule has 3 rings (SSSR count). The third-order valence-corrected chi connectivity index (χ3v) is 4.48. The summed E-state index contributed by atoms with van der Waals surface area (Å²) in [5, 5.41) is 24.0. The summed E-state index contributed by atoms with van der Waals surface area (Å²) in [6.45, 7) is -0.677. The first kappa shape index (κ1) is 22.2. The first-order valence-corrected chi connectivity index (χ1v) is 9.55. The number of aromatic hydroxyl groups is 1. The van der Waals surface area contributed by atoms with E-state index in [1.165, 1.54) is 0 Å². The molecule has 0 saturated carbocycles. The Bertz CT molecular complexity index is 1190. The Balaban J connectivity index is 1.98. The van der Waals surface area contributed by atoms with Crippen LogP contribution in [0.2, 0.25) is 0 Å². The second-order valence-electron chi connectivity index (χ2n) is 6.77. The number of aliphatic carboxylic acids is 1. The van der Waals surface area contributed by atoms with E-state index in [0.717, 1.165) is 16.3 Å². The van der Waals surface area contributed by atoms with Crippen molar-refractivity contribution >= 4 is 17.8 Å².